The molecule has 6 nitrogen and oxygen atoms in total. The second-order valence-electron chi connectivity index (χ2n) is 6.16. The SMILES string of the molecule is CN(CC(=O)NC(C)(CN)C1CC1)S(=O)(=O)c1ccc(Cl)cc1.Cl. The van der Waals surface area contributed by atoms with Crippen molar-refractivity contribution in [3.63, 3.8) is 0 Å². The van der Waals surface area contributed by atoms with E-state index in [1.165, 1.54) is 31.3 Å². The molecule has 1 aromatic rings. The normalized spacial score (nSPS) is 17.0. The number of carbonyl (C=O) groups excluding carboxylic acids is 1. The van der Waals surface area contributed by atoms with E-state index in [0.717, 1.165) is 17.1 Å². The Balaban J connectivity index is 0.00000288. The highest BCUT2D eigenvalue weighted by atomic mass is 35.5. The molecule has 0 spiro atoms. The Bertz CT molecular complexity index is 678. The number of likely N-dealkylation sites (N-methyl/N-ethyl adjacent to an activating group) is 1. The van der Waals surface area contributed by atoms with Crippen molar-refractivity contribution in [2.24, 2.45) is 11.7 Å². The van der Waals surface area contributed by atoms with Crippen LogP contribution in [0.2, 0.25) is 5.02 Å². The number of rotatable bonds is 7. The van der Waals surface area contributed by atoms with E-state index in [1.54, 1.807) is 0 Å². The van der Waals surface area contributed by atoms with Gasteiger partial charge in [-0.15, -0.1) is 12.4 Å². The number of carbonyl (C=O) groups is 1. The van der Waals surface area contributed by atoms with Crippen LogP contribution >= 0.6 is 24.0 Å². The minimum atomic E-state index is -3.74. The Kier molecular flexibility index (Phi) is 7.07. The molecule has 3 N–H and O–H groups in total. The number of halogens is 2. The van der Waals surface area contributed by atoms with Crippen LogP contribution in [0.15, 0.2) is 29.2 Å². The highest BCUT2D eigenvalue weighted by molar-refractivity contribution is 7.89. The molecule has 0 saturated heterocycles. The molecular formula is C15H23Cl2N3O3S. The van der Waals surface area contributed by atoms with Gasteiger partial charge < -0.3 is 11.1 Å². The van der Waals surface area contributed by atoms with Crippen molar-refractivity contribution in [2.45, 2.75) is 30.2 Å². The fourth-order valence-corrected chi connectivity index (χ4v) is 3.73. The summed E-state index contributed by atoms with van der Waals surface area (Å²) in [5.41, 5.74) is 5.29. The van der Waals surface area contributed by atoms with Gasteiger partial charge in [-0.2, -0.15) is 4.31 Å². The highest BCUT2D eigenvalue weighted by Gasteiger charge is 2.41. The summed E-state index contributed by atoms with van der Waals surface area (Å²) in [6, 6.07) is 5.84. The van der Waals surface area contributed by atoms with Crippen LogP contribution < -0.4 is 11.1 Å². The molecule has 1 aliphatic rings. The summed E-state index contributed by atoms with van der Waals surface area (Å²) in [6.45, 7) is 1.97. The van der Waals surface area contributed by atoms with E-state index in [2.05, 4.69) is 5.32 Å². The van der Waals surface area contributed by atoms with E-state index < -0.39 is 15.6 Å². The Morgan fingerprint density at radius 1 is 1.38 bits per heavy atom. The lowest BCUT2D eigenvalue weighted by Gasteiger charge is -2.30. The van der Waals surface area contributed by atoms with Gasteiger partial charge in [0.05, 0.1) is 17.0 Å². The molecule has 0 aromatic heterocycles. The average Bonchev–Trinajstić information content (AvgIpc) is 3.32. The van der Waals surface area contributed by atoms with Crippen molar-refractivity contribution in [3.05, 3.63) is 29.3 Å². The highest BCUT2D eigenvalue weighted by Crippen LogP contribution is 2.38. The van der Waals surface area contributed by atoms with Gasteiger partial charge in [0.15, 0.2) is 0 Å². The summed E-state index contributed by atoms with van der Waals surface area (Å²) in [6.07, 6.45) is 2.07. The van der Waals surface area contributed by atoms with Gasteiger partial charge in [-0.05, 0) is 49.9 Å². The molecule has 136 valence electrons. The Labute approximate surface area is 154 Å². The number of benzene rings is 1. The summed E-state index contributed by atoms with van der Waals surface area (Å²) in [7, 11) is -2.36. The second-order valence-corrected chi connectivity index (χ2v) is 8.64. The van der Waals surface area contributed by atoms with E-state index in [-0.39, 0.29) is 29.8 Å². The van der Waals surface area contributed by atoms with E-state index in [1.807, 2.05) is 6.92 Å². The molecule has 1 atom stereocenters. The minimum absolute atomic E-state index is 0. The first kappa shape index (κ1) is 21.2. The fraction of sp³-hybridized carbons (Fsp3) is 0.533. The van der Waals surface area contributed by atoms with Gasteiger partial charge in [0, 0.05) is 18.6 Å². The van der Waals surface area contributed by atoms with Crippen LogP contribution in [-0.4, -0.2) is 44.3 Å². The maximum atomic E-state index is 12.4. The zero-order valence-corrected chi connectivity index (χ0v) is 16.0. The summed E-state index contributed by atoms with van der Waals surface area (Å²) in [4.78, 5) is 12.3. The number of nitrogens with zero attached hydrogens (tertiary/aromatic N) is 1. The van der Waals surface area contributed by atoms with E-state index in [9.17, 15) is 13.2 Å². The lowest BCUT2D eigenvalue weighted by atomic mass is 9.96. The van der Waals surface area contributed by atoms with Crippen LogP contribution in [0.3, 0.4) is 0 Å². The molecule has 0 aliphatic heterocycles. The van der Waals surface area contributed by atoms with Crippen molar-refractivity contribution in [1.82, 2.24) is 9.62 Å². The van der Waals surface area contributed by atoms with Gasteiger partial charge >= 0.3 is 0 Å². The first-order valence-corrected chi connectivity index (χ1v) is 9.24. The number of hydrogen-bond donors (Lipinski definition) is 2. The zero-order chi connectivity index (χ0) is 17.3. The molecule has 1 aromatic carbocycles. The molecule has 0 heterocycles. The van der Waals surface area contributed by atoms with Crippen molar-refractivity contribution < 1.29 is 13.2 Å². The van der Waals surface area contributed by atoms with Crippen molar-refractivity contribution >= 4 is 39.9 Å². The van der Waals surface area contributed by atoms with Crippen molar-refractivity contribution in [2.75, 3.05) is 20.1 Å². The quantitative estimate of drug-likeness (QED) is 0.733. The van der Waals surface area contributed by atoms with Crippen LogP contribution in [-0.2, 0) is 14.8 Å². The molecule has 0 bridgehead atoms. The van der Waals surface area contributed by atoms with Crippen molar-refractivity contribution in [3.8, 4) is 0 Å². The molecular weight excluding hydrogens is 373 g/mol. The average molecular weight is 396 g/mol. The molecule has 1 amide bonds. The van der Waals surface area contributed by atoms with Gasteiger partial charge in [-0.3, -0.25) is 4.79 Å². The Hall–Kier alpha value is -0.860. The summed E-state index contributed by atoms with van der Waals surface area (Å²) in [5, 5.41) is 3.33. The molecule has 1 fully saturated rings. The van der Waals surface area contributed by atoms with Crippen molar-refractivity contribution in [1.29, 1.82) is 0 Å². The standard InChI is InChI=1S/C15H22ClN3O3S.ClH/c1-15(10-17,11-3-4-11)18-14(20)9-19(2)23(21,22)13-7-5-12(16)6-8-13;/h5-8,11H,3-4,9-10,17H2,1-2H3,(H,18,20);1H. The van der Waals surface area contributed by atoms with Crippen LogP contribution in [0.1, 0.15) is 19.8 Å². The number of nitrogens with two attached hydrogens (primary N) is 1. The maximum Gasteiger partial charge on any atom is 0.243 e. The molecule has 2 rings (SSSR count). The Morgan fingerprint density at radius 3 is 2.38 bits per heavy atom. The largest absolute Gasteiger partial charge is 0.348 e. The third kappa shape index (κ3) is 4.83. The first-order valence-electron chi connectivity index (χ1n) is 7.42. The summed E-state index contributed by atoms with van der Waals surface area (Å²) < 4.78 is 25.9. The zero-order valence-electron chi connectivity index (χ0n) is 13.7. The van der Waals surface area contributed by atoms with Crippen LogP contribution in [0, 0.1) is 5.92 Å². The van der Waals surface area contributed by atoms with Gasteiger partial charge in [0.2, 0.25) is 15.9 Å². The number of hydrogen-bond acceptors (Lipinski definition) is 4. The van der Waals surface area contributed by atoms with Gasteiger partial charge in [-0.25, -0.2) is 8.42 Å². The van der Waals surface area contributed by atoms with Gasteiger partial charge in [0.1, 0.15) is 0 Å². The maximum absolute atomic E-state index is 12.4. The van der Waals surface area contributed by atoms with E-state index in [4.69, 9.17) is 17.3 Å². The third-order valence-corrected chi connectivity index (χ3v) is 6.29. The summed E-state index contributed by atoms with van der Waals surface area (Å²) in [5.74, 6) is 0.0134. The lowest BCUT2D eigenvalue weighted by molar-refractivity contribution is -0.123. The lowest BCUT2D eigenvalue weighted by Crippen LogP contribution is -2.55. The molecule has 0 radical (unpaired) electrons. The third-order valence-electron chi connectivity index (χ3n) is 4.22. The van der Waals surface area contributed by atoms with Crippen LogP contribution in [0.25, 0.3) is 0 Å². The monoisotopic (exact) mass is 395 g/mol. The molecule has 24 heavy (non-hydrogen) atoms. The fourth-order valence-electron chi connectivity index (χ4n) is 2.47. The molecule has 1 aliphatic carbocycles. The number of amides is 1. The second kappa shape index (κ2) is 8.01. The van der Waals surface area contributed by atoms with E-state index >= 15 is 0 Å². The van der Waals surface area contributed by atoms with E-state index in [0.29, 0.717) is 17.5 Å². The Morgan fingerprint density at radius 2 is 1.92 bits per heavy atom. The minimum Gasteiger partial charge on any atom is -0.348 e. The van der Waals surface area contributed by atoms with Crippen LogP contribution in [0.5, 0.6) is 0 Å². The summed E-state index contributed by atoms with van der Waals surface area (Å²) >= 11 is 5.77. The predicted octanol–water partition coefficient (Wildman–Crippen LogP) is 1.63. The van der Waals surface area contributed by atoms with Crippen LogP contribution in [0.4, 0.5) is 0 Å². The topological polar surface area (TPSA) is 92.5 Å². The number of sulfonamides is 1. The van der Waals surface area contributed by atoms with Gasteiger partial charge in [0.25, 0.3) is 0 Å². The van der Waals surface area contributed by atoms with Gasteiger partial charge in [-0.1, -0.05) is 11.6 Å². The number of nitrogens with one attached hydrogen (secondary N) is 1. The molecule has 1 unspecified atom stereocenters. The first-order chi connectivity index (χ1) is 10.7. The molecule has 9 heteroatoms. The smallest absolute Gasteiger partial charge is 0.243 e. The molecule has 1 saturated carbocycles. The predicted molar refractivity (Wildman–Crippen MR) is 96.8 cm³/mol.